The summed E-state index contributed by atoms with van der Waals surface area (Å²) in [5, 5.41) is 3.88. The Kier molecular flexibility index (Phi) is 4.34. The molecule has 1 aromatic rings. The molecule has 1 saturated carbocycles. The van der Waals surface area contributed by atoms with Crippen LogP contribution in [0, 0.1) is 0 Å². The zero-order chi connectivity index (χ0) is 13.9. The number of benzene rings is 1. The summed E-state index contributed by atoms with van der Waals surface area (Å²) in [7, 11) is 3.14. The van der Waals surface area contributed by atoms with Gasteiger partial charge in [0, 0.05) is 11.4 Å². The van der Waals surface area contributed by atoms with Gasteiger partial charge >= 0.3 is 0 Å². The molecule has 0 bridgehead atoms. The van der Waals surface area contributed by atoms with E-state index < -0.39 is 0 Å². The first kappa shape index (κ1) is 14.2. The molecule has 0 saturated heterocycles. The SMILES string of the molecule is COc1ccc(C(=O)NC2(CBr)CCC2)c(OC)c1. The predicted molar refractivity (Wildman–Crippen MR) is 77.4 cm³/mol. The Morgan fingerprint density at radius 1 is 1.37 bits per heavy atom. The van der Waals surface area contributed by atoms with E-state index in [1.807, 2.05) is 0 Å². The van der Waals surface area contributed by atoms with Crippen LogP contribution in [0.25, 0.3) is 0 Å². The molecule has 0 atom stereocenters. The van der Waals surface area contributed by atoms with Gasteiger partial charge in [-0.2, -0.15) is 0 Å². The summed E-state index contributed by atoms with van der Waals surface area (Å²) in [6, 6.07) is 5.21. The van der Waals surface area contributed by atoms with Crippen LogP contribution in [0.4, 0.5) is 0 Å². The van der Waals surface area contributed by atoms with Gasteiger partial charge < -0.3 is 14.8 Å². The van der Waals surface area contributed by atoms with Gasteiger partial charge in [0.1, 0.15) is 11.5 Å². The third kappa shape index (κ3) is 2.86. The highest BCUT2D eigenvalue weighted by atomic mass is 79.9. The second kappa shape index (κ2) is 5.82. The number of hydrogen-bond acceptors (Lipinski definition) is 3. The highest BCUT2D eigenvalue weighted by Gasteiger charge is 2.37. The lowest BCUT2D eigenvalue weighted by atomic mass is 9.78. The number of rotatable bonds is 5. The third-order valence-corrected chi connectivity index (χ3v) is 4.67. The van der Waals surface area contributed by atoms with Crippen LogP contribution >= 0.6 is 15.9 Å². The Balaban J connectivity index is 2.18. The maximum Gasteiger partial charge on any atom is 0.255 e. The number of carbonyl (C=O) groups excluding carboxylic acids is 1. The second-order valence-electron chi connectivity index (χ2n) is 4.79. The van der Waals surface area contributed by atoms with Gasteiger partial charge in [-0.15, -0.1) is 0 Å². The minimum atomic E-state index is -0.0985. The maximum atomic E-state index is 12.3. The van der Waals surface area contributed by atoms with E-state index in [1.54, 1.807) is 32.4 Å². The van der Waals surface area contributed by atoms with Crippen molar-refractivity contribution in [3.63, 3.8) is 0 Å². The fraction of sp³-hybridized carbons (Fsp3) is 0.500. The normalized spacial score (nSPS) is 16.4. The highest BCUT2D eigenvalue weighted by Crippen LogP contribution is 2.34. The van der Waals surface area contributed by atoms with Crippen molar-refractivity contribution in [3.05, 3.63) is 23.8 Å². The van der Waals surface area contributed by atoms with E-state index in [9.17, 15) is 4.79 Å². The van der Waals surface area contributed by atoms with Gasteiger partial charge in [-0.05, 0) is 31.4 Å². The smallest absolute Gasteiger partial charge is 0.255 e. The molecule has 4 nitrogen and oxygen atoms in total. The lowest BCUT2D eigenvalue weighted by molar-refractivity contribution is 0.0853. The molecule has 0 unspecified atom stereocenters. The highest BCUT2D eigenvalue weighted by molar-refractivity contribution is 9.09. The first-order valence-electron chi connectivity index (χ1n) is 6.24. The Morgan fingerprint density at radius 3 is 2.58 bits per heavy atom. The average molecular weight is 328 g/mol. The van der Waals surface area contributed by atoms with E-state index in [0.29, 0.717) is 17.1 Å². The molecule has 0 spiro atoms. The van der Waals surface area contributed by atoms with Crippen LogP contribution < -0.4 is 14.8 Å². The first-order valence-corrected chi connectivity index (χ1v) is 7.37. The van der Waals surface area contributed by atoms with Gasteiger partial charge in [-0.1, -0.05) is 15.9 Å². The summed E-state index contributed by atoms with van der Waals surface area (Å²) in [5.74, 6) is 1.10. The minimum absolute atomic E-state index is 0.0952. The standard InChI is InChI=1S/C14H18BrNO3/c1-18-10-4-5-11(12(8-10)19-2)13(17)16-14(9-15)6-3-7-14/h4-5,8H,3,6-7,9H2,1-2H3,(H,16,17). The number of carbonyl (C=O) groups is 1. The molecule has 1 aliphatic rings. The molecule has 0 aliphatic heterocycles. The van der Waals surface area contributed by atoms with E-state index in [2.05, 4.69) is 21.2 Å². The van der Waals surface area contributed by atoms with Crippen LogP contribution in [0.15, 0.2) is 18.2 Å². The molecule has 1 fully saturated rings. The van der Waals surface area contributed by atoms with E-state index in [0.717, 1.165) is 24.6 Å². The van der Waals surface area contributed by atoms with Crippen LogP contribution in [0.2, 0.25) is 0 Å². The maximum absolute atomic E-state index is 12.3. The molecular weight excluding hydrogens is 310 g/mol. The van der Waals surface area contributed by atoms with Crippen molar-refractivity contribution in [3.8, 4) is 11.5 Å². The lowest BCUT2D eigenvalue weighted by Gasteiger charge is -2.41. The molecule has 1 amide bonds. The van der Waals surface area contributed by atoms with E-state index in [4.69, 9.17) is 9.47 Å². The number of ether oxygens (including phenoxy) is 2. The lowest BCUT2D eigenvalue weighted by Crippen LogP contribution is -2.54. The molecule has 1 aromatic carbocycles. The molecule has 0 heterocycles. The fourth-order valence-corrected chi connectivity index (χ4v) is 2.89. The zero-order valence-corrected chi connectivity index (χ0v) is 12.7. The van der Waals surface area contributed by atoms with Crippen molar-refractivity contribution in [1.29, 1.82) is 0 Å². The number of hydrogen-bond donors (Lipinski definition) is 1. The van der Waals surface area contributed by atoms with Crippen molar-refractivity contribution in [1.82, 2.24) is 5.32 Å². The number of nitrogens with one attached hydrogen (secondary N) is 1. The average Bonchev–Trinajstić information content (AvgIpc) is 2.41. The largest absolute Gasteiger partial charge is 0.497 e. The summed E-state index contributed by atoms with van der Waals surface area (Å²) >= 11 is 3.48. The van der Waals surface area contributed by atoms with E-state index in [-0.39, 0.29) is 11.4 Å². The van der Waals surface area contributed by atoms with Crippen molar-refractivity contribution in [2.75, 3.05) is 19.5 Å². The zero-order valence-electron chi connectivity index (χ0n) is 11.2. The van der Waals surface area contributed by atoms with E-state index in [1.165, 1.54) is 0 Å². The van der Waals surface area contributed by atoms with Gasteiger partial charge in [0.25, 0.3) is 5.91 Å². The molecule has 0 radical (unpaired) electrons. The number of amides is 1. The van der Waals surface area contributed by atoms with Gasteiger partial charge in [0.15, 0.2) is 0 Å². The van der Waals surface area contributed by atoms with Gasteiger partial charge in [-0.25, -0.2) is 0 Å². The fourth-order valence-electron chi connectivity index (χ4n) is 2.19. The molecule has 2 rings (SSSR count). The summed E-state index contributed by atoms with van der Waals surface area (Å²) in [6.45, 7) is 0. The van der Waals surface area contributed by atoms with Crippen molar-refractivity contribution in [2.45, 2.75) is 24.8 Å². The monoisotopic (exact) mass is 327 g/mol. The summed E-state index contributed by atoms with van der Waals surface area (Å²) in [5.41, 5.74) is 0.442. The van der Waals surface area contributed by atoms with Crippen LogP contribution in [-0.4, -0.2) is 31.0 Å². The van der Waals surface area contributed by atoms with Gasteiger partial charge in [-0.3, -0.25) is 4.79 Å². The first-order chi connectivity index (χ1) is 9.14. The second-order valence-corrected chi connectivity index (χ2v) is 5.35. The number of methoxy groups -OCH3 is 2. The van der Waals surface area contributed by atoms with Crippen LogP contribution in [0.5, 0.6) is 11.5 Å². The Labute approximate surface area is 121 Å². The summed E-state index contributed by atoms with van der Waals surface area (Å²) in [4.78, 5) is 12.3. The molecule has 104 valence electrons. The molecular formula is C14H18BrNO3. The van der Waals surface area contributed by atoms with Crippen molar-refractivity contribution < 1.29 is 14.3 Å². The Morgan fingerprint density at radius 2 is 2.11 bits per heavy atom. The Hall–Kier alpha value is -1.23. The van der Waals surface area contributed by atoms with Crippen molar-refractivity contribution in [2.24, 2.45) is 0 Å². The quantitative estimate of drug-likeness (QED) is 0.846. The number of halogens is 1. The summed E-state index contributed by atoms with van der Waals surface area (Å²) < 4.78 is 10.4. The predicted octanol–water partition coefficient (Wildman–Crippen LogP) is 2.75. The molecule has 1 aliphatic carbocycles. The van der Waals surface area contributed by atoms with Crippen LogP contribution in [0.1, 0.15) is 29.6 Å². The minimum Gasteiger partial charge on any atom is -0.497 e. The van der Waals surface area contributed by atoms with Gasteiger partial charge in [0.05, 0.1) is 25.3 Å². The topological polar surface area (TPSA) is 47.6 Å². The van der Waals surface area contributed by atoms with Crippen molar-refractivity contribution >= 4 is 21.8 Å². The molecule has 19 heavy (non-hydrogen) atoms. The molecule has 1 N–H and O–H groups in total. The van der Waals surface area contributed by atoms with Gasteiger partial charge in [0.2, 0.25) is 0 Å². The third-order valence-electron chi connectivity index (χ3n) is 3.60. The molecule has 0 aromatic heterocycles. The van der Waals surface area contributed by atoms with E-state index >= 15 is 0 Å². The summed E-state index contributed by atoms with van der Waals surface area (Å²) in [6.07, 6.45) is 3.19. The van der Waals surface area contributed by atoms with Crippen LogP contribution in [0.3, 0.4) is 0 Å². The number of alkyl halides is 1. The van der Waals surface area contributed by atoms with Crippen LogP contribution in [-0.2, 0) is 0 Å². The Bertz CT molecular complexity index is 466. The molecule has 5 heteroatoms.